The molecule has 0 unspecified atom stereocenters. The third-order valence-electron chi connectivity index (χ3n) is 4.51. The van der Waals surface area contributed by atoms with Crippen LogP contribution in [0.25, 0.3) is 22.1 Å². The minimum absolute atomic E-state index is 0.0692. The highest BCUT2D eigenvalue weighted by molar-refractivity contribution is 8.00. The van der Waals surface area contributed by atoms with Crippen molar-refractivity contribution in [2.75, 3.05) is 5.32 Å². The van der Waals surface area contributed by atoms with E-state index in [4.69, 9.17) is 4.42 Å². The quantitative estimate of drug-likeness (QED) is 0.395. The monoisotopic (exact) mass is 377 g/mol. The van der Waals surface area contributed by atoms with Crippen LogP contribution in [0.5, 0.6) is 0 Å². The van der Waals surface area contributed by atoms with E-state index in [0.29, 0.717) is 10.6 Å². The predicted molar refractivity (Wildman–Crippen MR) is 109 cm³/mol. The first-order valence-electron chi connectivity index (χ1n) is 8.70. The zero-order valence-electron chi connectivity index (χ0n) is 15.3. The Labute approximate surface area is 161 Å². The fraction of sp³-hybridized carbons (Fsp3) is 0.190. The Kier molecular flexibility index (Phi) is 4.58. The van der Waals surface area contributed by atoms with Crippen LogP contribution in [0, 0.1) is 13.8 Å². The summed E-state index contributed by atoms with van der Waals surface area (Å²) in [4.78, 5) is 21.4. The zero-order valence-corrected chi connectivity index (χ0v) is 16.1. The summed E-state index contributed by atoms with van der Waals surface area (Å²) in [6, 6.07) is 13.7. The first-order valence-corrected chi connectivity index (χ1v) is 9.58. The number of fused-ring (bicyclic) bond motifs is 3. The zero-order chi connectivity index (χ0) is 19.0. The van der Waals surface area contributed by atoms with Crippen LogP contribution in [0.2, 0.25) is 0 Å². The number of anilines is 1. The van der Waals surface area contributed by atoms with Gasteiger partial charge in [0.25, 0.3) is 0 Å². The maximum atomic E-state index is 12.7. The smallest absolute Gasteiger partial charge is 0.237 e. The van der Waals surface area contributed by atoms with Gasteiger partial charge in [-0.15, -0.1) is 0 Å². The largest absolute Gasteiger partial charge is 0.451 e. The molecule has 136 valence electrons. The second kappa shape index (κ2) is 7.04. The molecule has 0 saturated heterocycles. The van der Waals surface area contributed by atoms with E-state index >= 15 is 0 Å². The SMILES string of the molecule is Cc1cccc(C)c1NC(=O)[C@@H](C)Sc1ncnc2c1oc1ccccc12. The van der Waals surface area contributed by atoms with E-state index in [2.05, 4.69) is 15.3 Å². The lowest BCUT2D eigenvalue weighted by molar-refractivity contribution is -0.115. The fourth-order valence-electron chi connectivity index (χ4n) is 3.04. The van der Waals surface area contributed by atoms with Crippen LogP contribution in [-0.2, 0) is 4.79 Å². The van der Waals surface area contributed by atoms with Crippen molar-refractivity contribution in [2.24, 2.45) is 0 Å². The molecule has 0 radical (unpaired) electrons. The van der Waals surface area contributed by atoms with Crippen molar-refractivity contribution < 1.29 is 9.21 Å². The molecule has 1 atom stereocenters. The molecule has 5 nitrogen and oxygen atoms in total. The van der Waals surface area contributed by atoms with Gasteiger partial charge in [0, 0.05) is 11.1 Å². The van der Waals surface area contributed by atoms with E-state index in [1.165, 1.54) is 18.1 Å². The van der Waals surface area contributed by atoms with Gasteiger partial charge in [0.1, 0.15) is 22.5 Å². The number of hydrogen-bond acceptors (Lipinski definition) is 5. The van der Waals surface area contributed by atoms with Crippen molar-refractivity contribution in [2.45, 2.75) is 31.0 Å². The van der Waals surface area contributed by atoms with Gasteiger partial charge in [0.15, 0.2) is 5.58 Å². The van der Waals surface area contributed by atoms with Crippen LogP contribution in [0.3, 0.4) is 0 Å². The fourth-order valence-corrected chi connectivity index (χ4v) is 3.90. The molecule has 0 aliphatic rings. The third kappa shape index (κ3) is 3.28. The molecule has 0 fully saturated rings. The molecule has 2 aromatic heterocycles. The van der Waals surface area contributed by atoms with Gasteiger partial charge in [-0.2, -0.15) is 0 Å². The highest BCUT2D eigenvalue weighted by atomic mass is 32.2. The lowest BCUT2D eigenvalue weighted by Gasteiger charge is -2.15. The number of thioether (sulfide) groups is 1. The predicted octanol–water partition coefficient (Wildman–Crippen LogP) is 5.11. The topological polar surface area (TPSA) is 68.0 Å². The van der Waals surface area contributed by atoms with Crippen LogP contribution in [-0.4, -0.2) is 21.1 Å². The van der Waals surface area contributed by atoms with E-state index in [1.54, 1.807) is 0 Å². The Bertz CT molecular complexity index is 1130. The molecule has 0 aliphatic heterocycles. The lowest BCUT2D eigenvalue weighted by Crippen LogP contribution is -2.23. The molecule has 1 amide bonds. The number of rotatable bonds is 4. The van der Waals surface area contributed by atoms with Gasteiger partial charge in [-0.3, -0.25) is 4.79 Å². The molecule has 0 aliphatic carbocycles. The van der Waals surface area contributed by atoms with Crippen molar-refractivity contribution in [1.82, 2.24) is 9.97 Å². The molecule has 2 aromatic carbocycles. The second-order valence-corrected chi connectivity index (χ2v) is 7.80. The average Bonchev–Trinajstić information content (AvgIpc) is 3.04. The maximum absolute atomic E-state index is 12.7. The second-order valence-electron chi connectivity index (χ2n) is 6.47. The van der Waals surface area contributed by atoms with Gasteiger partial charge in [0.05, 0.1) is 5.25 Å². The Balaban J connectivity index is 1.61. The first-order chi connectivity index (χ1) is 13.0. The van der Waals surface area contributed by atoms with Crippen LogP contribution >= 0.6 is 11.8 Å². The molecule has 2 heterocycles. The summed E-state index contributed by atoms with van der Waals surface area (Å²) in [5.74, 6) is -0.0692. The molecular formula is C21H19N3O2S. The van der Waals surface area contributed by atoms with E-state index in [9.17, 15) is 4.79 Å². The van der Waals surface area contributed by atoms with Gasteiger partial charge in [-0.05, 0) is 44.0 Å². The number of furan rings is 1. The van der Waals surface area contributed by atoms with Gasteiger partial charge >= 0.3 is 0 Å². The van der Waals surface area contributed by atoms with E-state index < -0.39 is 0 Å². The summed E-state index contributed by atoms with van der Waals surface area (Å²) in [5.41, 5.74) is 5.11. The number of carbonyl (C=O) groups is 1. The number of amides is 1. The van der Waals surface area contributed by atoms with Crippen LogP contribution in [0.15, 0.2) is 58.2 Å². The number of nitrogens with one attached hydrogen (secondary N) is 1. The summed E-state index contributed by atoms with van der Waals surface area (Å²) < 4.78 is 5.94. The lowest BCUT2D eigenvalue weighted by atomic mass is 10.1. The Hall–Kier alpha value is -2.86. The number of carbonyl (C=O) groups excluding carboxylic acids is 1. The normalized spacial score (nSPS) is 12.4. The van der Waals surface area contributed by atoms with Gasteiger partial charge in [-0.1, -0.05) is 42.1 Å². The van der Waals surface area contributed by atoms with Gasteiger partial charge in [0.2, 0.25) is 5.91 Å². The average molecular weight is 377 g/mol. The Morgan fingerprint density at radius 3 is 2.59 bits per heavy atom. The van der Waals surface area contributed by atoms with Crippen LogP contribution in [0.1, 0.15) is 18.1 Å². The van der Waals surface area contributed by atoms with E-state index in [1.807, 2.05) is 63.2 Å². The molecule has 4 aromatic rings. The van der Waals surface area contributed by atoms with Crippen molar-refractivity contribution in [3.8, 4) is 0 Å². The minimum Gasteiger partial charge on any atom is -0.451 e. The summed E-state index contributed by atoms with van der Waals surface area (Å²) in [7, 11) is 0. The highest BCUT2D eigenvalue weighted by Gasteiger charge is 2.20. The molecular weight excluding hydrogens is 358 g/mol. The van der Waals surface area contributed by atoms with Crippen LogP contribution in [0.4, 0.5) is 5.69 Å². The maximum Gasteiger partial charge on any atom is 0.237 e. The molecule has 4 rings (SSSR count). The van der Waals surface area contributed by atoms with E-state index in [-0.39, 0.29) is 11.2 Å². The number of aromatic nitrogens is 2. The summed E-state index contributed by atoms with van der Waals surface area (Å²) in [6.45, 7) is 5.84. The van der Waals surface area contributed by atoms with Crippen molar-refractivity contribution >= 4 is 45.4 Å². The number of aryl methyl sites for hydroxylation is 2. The van der Waals surface area contributed by atoms with Crippen molar-refractivity contribution in [3.63, 3.8) is 0 Å². The van der Waals surface area contributed by atoms with Crippen molar-refractivity contribution in [1.29, 1.82) is 0 Å². The number of para-hydroxylation sites is 2. The molecule has 0 saturated carbocycles. The Morgan fingerprint density at radius 2 is 1.81 bits per heavy atom. The first kappa shape index (κ1) is 17.5. The Morgan fingerprint density at radius 1 is 1.07 bits per heavy atom. The van der Waals surface area contributed by atoms with Crippen molar-refractivity contribution in [3.05, 3.63) is 59.9 Å². The standard InChI is InChI=1S/C21H19N3O2S/c1-12-7-6-8-13(2)17(12)24-20(25)14(3)27-21-19-18(22-11-23-21)15-9-4-5-10-16(15)26-19/h4-11,14H,1-3H3,(H,24,25)/t14-/m1/s1. The van der Waals surface area contributed by atoms with E-state index in [0.717, 1.165) is 33.3 Å². The third-order valence-corrected chi connectivity index (χ3v) is 5.59. The van der Waals surface area contributed by atoms with Gasteiger partial charge < -0.3 is 9.73 Å². The molecule has 27 heavy (non-hydrogen) atoms. The highest BCUT2D eigenvalue weighted by Crippen LogP contribution is 2.34. The number of benzene rings is 2. The molecule has 1 N–H and O–H groups in total. The number of nitrogens with zero attached hydrogens (tertiary/aromatic N) is 2. The molecule has 0 spiro atoms. The summed E-state index contributed by atoms with van der Waals surface area (Å²) in [5, 5.41) is 4.32. The minimum atomic E-state index is -0.338. The van der Waals surface area contributed by atoms with Gasteiger partial charge in [-0.25, -0.2) is 9.97 Å². The number of hydrogen-bond donors (Lipinski definition) is 1. The summed E-state index contributed by atoms with van der Waals surface area (Å²) in [6.07, 6.45) is 1.52. The summed E-state index contributed by atoms with van der Waals surface area (Å²) >= 11 is 1.37. The molecule has 0 bridgehead atoms. The van der Waals surface area contributed by atoms with Crippen LogP contribution < -0.4 is 5.32 Å². The molecule has 6 heteroatoms.